The molecule has 0 unspecified atom stereocenters. The first kappa shape index (κ1) is 17.8. The summed E-state index contributed by atoms with van der Waals surface area (Å²) in [6.07, 6.45) is 3.29. The van der Waals surface area contributed by atoms with E-state index in [0.29, 0.717) is 12.1 Å². The first-order valence-electron chi connectivity index (χ1n) is 8.16. The Kier molecular flexibility index (Phi) is 5.43. The molecule has 1 aromatic heterocycles. The van der Waals surface area contributed by atoms with E-state index in [2.05, 4.69) is 10.3 Å². The molecule has 0 aliphatic carbocycles. The molecule has 0 saturated heterocycles. The van der Waals surface area contributed by atoms with E-state index < -0.39 is 0 Å². The van der Waals surface area contributed by atoms with Crippen molar-refractivity contribution in [3.8, 4) is 0 Å². The quantitative estimate of drug-likeness (QED) is 0.706. The third-order valence-corrected chi connectivity index (χ3v) is 4.92. The van der Waals surface area contributed by atoms with E-state index in [1.807, 2.05) is 36.4 Å². The number of nitrogens with zero attached hydrogens (tertiary/aromatic N) is 2. The Hall–Kier alpha value is -2.99. The SMILES string of the molecule is CNC(=O)c1ccc(CN(C)C(=O)/C=C/c2nc3ccccc3s2)cc1. The van der Waals surface area contributed by atoms with Crippen molar-refractivity contribution in [2.45, 2.75) is 6.54 Å². The van der Waals surface area contributed by atoms with Crippen LogP contribution in [0.4, 0.5) is 0 Å². The first-order chi connectivity index (χ1) is 12.6. The van der Waals surface area contributed by atoms with Gasteiger partial charge in [0.15, 0.2) is 0 Å². The van der Waals surface area contributed by atoms with Gasteiger partial charge in [-0.25, -0.2) is 4.98 Å². The zero-order valence-electron chi connectivity index (χ0n) is 14.6. The van der Waals surface area contributed by atoms with Crippen molar-refractivity contribution >= 4 is 39.4 Å². The maximum atomic E-state index is 12.3. The monoisotopic (exact) mass is 365 g/mol. The fourth-order valence-corrected chi connectivity index (χ4v) is 3.36. The molecule has 0 aliphatic heterocycles. The minimum atomic E-state index is -0.125. The van der Waals surface area contributed by atoms with Crippen molar-refractivity contribution in [3.63, 3.8) is 0 Å². The normalized spacial score (nSPS) is 11.0. The summed E-state index contributed by atoms with van der Waals surface area (Å²) >= 11 is 1.55. The lowest BCUT2D eigenvalue weighted by Gasteiger charge is -2.15. The van der Waals surface area contributed by atoms with E-state index in [1.54, 1.807) is 48.5 Å². The summed E-state index contributed by atoms with van der Waals surface area (Å²) in [4.78, 5) is 30.0. The molecule has 132 valence electrons. The number of para-hydroxylation sites is 1. The van der Waals surface area contributed by atoms with Gasteiger partial charge < -0.3 is 10.2 Å². The predicted molar refractivity (Wildman–Crippen MR) is 105 cm³/mol. The summed E-state index contributed by atoms with van der Waals surface area (Å²) in [6, 6.07) is 15.1. The van der Waals surface area contributed by atoms with Crippen LogP contribution in [0.5, 0.6) is 0 Å². The Morgan fingerprint density at radius 2 is 1.88 bits per heavy atom. The molecule has 0 saturated carbocycles. The van der Waals surface area contributed by atoms with Gasteiger partial charge in [-0.05, 0) is 35.9 Å². The molecule has 3 aromatic rings. The van der Waals surface area contributed by atoms with Crippen LogP contribution in [-0.2, 0) is 11.3 Å². The second-order valence-electron chi connectivity index (χ2n) is 5.82. The van der Waals surface area contributed by atoms with Gasteiger partial charge in [-0.15, -0.1) is 11.3 Å². The highest BCUT2D eigenvalue weighted by molar-refractivity contribution is 7.19. The maximum absolute atomic E-state index is 12.3. The molecule has 0 bridgehead atoms. The van der Waals surface area contributed by atoms with E-state index >= 15 is 0 Å². The zero-order chi connectivity index (χ0) is 18.5. The fourth-order valence-electron chi connectivity index (χ4n) is 2.49. The Morgan fingerprint density at radius 1 is 1.15 bits per heavy atom. The predicted octanol–water partition coefficient (Wildman–Crippen LogP) is 3.33. The van der Waals surface area contributed by atoms with Gasteiger partial charge in [0.05, 0.1) is 10.2 Å². The number of hydrogen-bond donors (Lipinski definition) is 1. The lowest BCUT2D eigenvalue weighted by Crippen LogP contribution is -2.24. The maximum Gasteiger partial charge on any atom is 0.251 e. The Labute approximate surface area is 156 Å². The molecule has 5 nitrogen and oxygen atoms in total. The van der Waals surface area contributed by atoms with Gasteiger partial charge in [0.2, 0.25) is 5.91 Å². The molecule has 1 heterocycles. The van der Waals surface area contributed by atoms with Crippen LogP contribution in [0, 0.1) is 0 Å². The number of fused-ring (bicyclic) bond motifs is 1. The Morgan fingerprint density at radius 3 is 2.58 bits per heavy atom. The summed E-state index contributed by atoms with van der Waals surface area (Å²) in [5.74, 6) is -0.223. The van der Waals surface area contributed by atoms with E-state index in [9.17, 15) is 9.59 Å². The fraction of sp³-hybridized carbons (Fsp3) is 0.150. The number of rotatable bonds is 5. The minimum Gasteiger partial charge on any atom is -0.355 e. The number of carbonyl (C=O) groups excluding carboxylic acids is 2. The highest BCUT2D eigenvalue weighted by atomic mass is 32.1. The number of benzene rings is 2. The number of nitrogens with one attached hydrogen (secondary N) is 1. The second kappa shape index (κ2) is 7.93. The van der Waals surface area contributed by atoms with Crippen LogP contribution in [0.25, 0.3) is 16.3 Å². The third kappa shape index (κ3) is 4.15. The van der Waals surface area contributed by atoms with Crippen molar-refractivity contribution in [2.24, 2.45) is 0 Å². The summed E-state index contributed by atoms with van der Waals surface area (Å²) in [5, 5.41) is 3.39. The first-order valence-corrected chi connectivity index (χ1v) is 8.98. The highest BCUT2D eigenvalue weighted by Gasteiger charge is 2.08. The van der Waals surface area contributed by atoms with Gasteiger partial charge in [-0.1, -0.05) is 24.3 Å². The Bertz CT molecular complexity index is 928. The van der Waals surface area contributed by atoms with Crippen molar-refractivity contribution in [1.29, 1.82) is 0 Å². The van der Waals surface area contributed by atoms with Gasteiger partial charge in [0.25, 0.3) is 5.91 Å². The largest absolute Gasteiger partial charge is 0.355 e. The molecule has 0 radical (unpaired) electrons. The summed E-state index contributed by atoms with van der Waals surface area (Å²) in [6.45, 7) is 0.469. The molecule has 26 heavy (non-hydrogen) atoms. The number of thiazole rings is 1. The average Bonchev–Trinajstić information content (AvgIpc) is 3.09. The molecular formula is C20H19N3O2S. The van der Waals surface area contributed by atoms with Gasteiger partial charge >= 0.3 is 0 Å². The molecule has 3 rings (SSSR count). The van der Waals surface area contributed by atoms with Gasteiger partial charge in [-0.3, -0.25) is 9.59 Å². The van der Waals surface area contributed by atoms with Crippen molar-refractivity contribution in [2.75, 3.05) is 14.1 Å². The zero-order valence-corrected chi connectivity index (χ0v) is 15.4. The lowest BCUT2D eigenvalue weighted by atomic mass is 10.1. The molecule has 2 amide bonds. The number of hydrogen-bond acceptors (Lipinski definition) is 4. The van der Waals surface area contributed by atoms with Gasteiger partial charge in [0, 0.05) is 32.3 Å². The van der Waals surface area contributed by atoms with E-state index in [1.165, 1.54) is 6.08 Å². The van der Waals surface area contributed by atoms with Crippen LogP contribution in [0.15, 0.2) is 54.6 Å². The average molecular weight is 365 g/mol. The molecular weight excluding hydrogens is 346 g/mol. The van der Waals surface area contributed by atoms with E-state index in [0.717, 1.165) is 20.8 Å². The molecule has 0 atom stereocenters. The van der Waals surface area contributed by atoms with E-state index in [-0.39, 0.29) is 11.8 Å². The molecule has 2 aromatic carbocycles. The number of amides is 2. The summed E-state index contributed by atoms with van der Waals surface area (Å²) < 4.78 is 1.10. The summed E-state index contributed by atoms with van der Waals surface area (Å²) in [7, 11) is 3.35. The smallest absolute Gasteiger partial charge is 0.251 e. The van der Waals surface area contributed by atoms with Crippen LogP contribution in [0.1, 0.15) is 20.9 Å². The van der Waals surface area contributed by atoms with Crippen LogP contribution >= 0.6 is 11.3 Å². The topological polar surface area (TPSA) is 62.3 Å². The van der Waals surface area contributed by atoms with Crippen LogP contribution in [0.2, 0.25) is 0 Å². The summed E-state index contributed by atoms with van der Waals surface area (Å²) in [5.41, 5.74) is 2.50. The molecule has 6 heteroatoms. The number of carbonyl (C=O) groups is 2. The van der Waals surface area contributed by atoms with Crippen LogP contribution < -0.4 is 5.32 Å². The van der Waals surface area contributed by atoms with Crippen molar-refractivity contribution in [1.82, 2.24) is 15.2 Å². The minimum absolute atomic E-state index is 0.0976. The second-order valence-corrected chi connectivity index (χ2v) is 6.89. The highest BCUT2D eigenvalue weighted by Crippen LogP contribution is 2.22. The molecule has 0 spiro atoms. The third-order valence-electron chi connectivity index (χ3n) is 3.92. The number of likely N-dealkylation sites (N-methyl/N-ethyl adjacent to an activating group) is 1. The van der Waals surface area contributed by atoms with E-state index in [4.69, 9.17) is 0 Å². The van der Waals surface area contributed by atoms with Crippen LogP contribution in [-0.4, -0.2) is 35.8 Å². The van der Waals surface area contributed by atoms with Crippen LogP contribution in [0.3, 0.4) is 0 Å². The molecule has 0 fully saturated rings. The van der Waals surface area contributed by atoms with Gasteiger partial charge in [0.1, 0.15) is 5.01 Å². The van der Waals surface area contributed by atoms with Crippen molar-refractivity contribution in [3.05, 3.63) is 70.7 Å². The molecule has 1 N–H and O–H groups in total. The van der Waals surface area contributed by atoms with Crippen molar-refractivity contribution < 1.29 is 9.59 Å². The molecule has 0 aliphatic rings. The number of aromatic nitrogens is 1. The Balaban J connectivity index is 1.63. The lowest BCUT2D eigenvalue weighted by molar-refractivity contribution is -0.125. The van der Waals surface area contributed by atoms with Gasteiger partial charge in [-0.2, -0.15) is 0 Å². The standard InChI is InChI=1S/C20H19N3O2S/c1-21-20(25)15-9-7-14(8-10-15)13-23(2)19(24)12-11-18-22-16-5-3-4-6-17(16)26-18/h3-12H,13H2,1-2H3,(H,21,25)/b12-11+.